The van der Waals surface area contributed by atoms with Crippen LogP contribution in [0.2, 0.25) is 0 Å². The van der Waals surface area contributed by atoms with E-state index in [4.69, 9.17) is 14.9 Å². The van der Waals surface area contributed by atoms with Gasteiger partial charge in [0.05, 0.1) is 0 Å². The molecule has 0 amide bonds. The molecule has 2 rings (SSSR count). The summed E-state index contributed by atoms with van der Waals surface area (Å²) in [6.07, 6.45) is 1.11. The summed E-state index contributed by atoms with van der Waals surface area (Å²) in [5.74, 6) is 1.89. The van der Waals surface area contributed by atoms with Gasteiger partial charge in [0.2, 0.25) is 0 Å². The Bertz CT molecular complexity index is 356. The first-order valence-corrected chi connectivity index (χ1v) is 5.34. The van der Waals surface area contributed by atoms with Gasteiger partial charge in [0.25, 0.3) is 0 Å². The first-order chi connectivity index (χ1) is 7.05. The minimum Gasteiger partial charge on any atom is -0.463 e. The highest BCUT2D eigenvalue weighted by Crippen LogP contribution is 2.63. The smallest absolute Gasteiger partial charge is 0.129 e. The topological polar surface area (TPSA) is 48.4 Å². The Hall–Kier alpha value is -0.800. The number of hydrogen-bond donors (Lipinski definition) is 1. The van der Waals surface area contributed by atoms with Crippen LogP contribution in [0.3, 0.4) is 0 Å². The molecule has 1 atom stereocenters. The van der Waals surface area contributed by atoms with E-state index in [0.717, 1.165) is 17.9 Å². The van der Waals surface area contributed by atoms with Crippen molar-refractivity contribution in [3.63, 3.8) is 0 Å². The maximum atomic E-state index is 5.87. The van der Waals surface area contributed by atoms with Crippen LogP contribution in [-0.2, 0) is 16.8 Å². The zero-order valence-corrected chi connectivity index (χ0v) is 9.67. The number of nitrogens with two attached hydrogens (primary N) is 1. The van der Waals surface area contributed by atoms with E-state index in [1.807, 2.05) is 12.1 Å². The van der Waals surface area contributed by atoms with Gasteiger partial charge < -0.3 is 14.9 Å². The average molecular weight is 209 g/mol. The predicted molar refractivity (Wildman–Crippen MR) is 58.6 cm³/mol. The fourth-order valence-corrected chi connectivity index (χ4v) is 2.43. The van der Waals surface area contributed by atoms with Gasteiger partial charge in [-0.25, -0.2) is 0 Å². The molecule has 0 spiro atoms. The van der Waals surface area contributed by atoms with Crippen LogP contribution in [0.4, 0.5) is 0 Å². The molecule has 3 nitrogen and oxygen atoms in total. The maximum Gasteiger partial charge on any atom is 0.129 e. The van der Waals surface area contributed by atoms with Crippen LogP contribution < -0.4 is 5.73 Å². The molecule has 1 aliphatic rings. The third-order valence-corrected chi connectivity index (χ3v) is 3.68. The molecule has 2 N–H and O–H groups in total. The molecule has 1 aliphatic carbocycles. The third-order valence-electron chi connectivity index (χ3n) is 3.68. The molecule has 1 aromatic rings. The van der Waals surface area contributed by atoms with Crippen LogP contribution in [0.25, 0.3) is 0 Å². The van der Waals surface area contributed by atoms with Crippen molar-refractivity contribution < 1.29 is 9.15 Å². The summed E-state index contributed by atoms with van der Waals surface area (Å²) >= 11 is 0. The second-order valence-electron chi connectivity index (χ2n) is 5.05. The van der Waals surface area contributed by atoms with Crippen molar-refractivity contribution in [3.05, 3.63) is 23.7 Å². The lowest BCUT2D eigenvalue weighted by Crippen LogP contribution is -2.24. The van der Waals surface area contributed by atoms with E-state index in [9.17, 15) is 0 Å². The van der Waals surface area contributed by atoms with Gasteiger partial charge in [0.1, 0.15) is 18.1 Å². The van der Waals surface area contributed by atoms with Crippen LogP contribution >= 0.6 is 0 Å². The normalized spacial score (nSPS) is 28.0. The van der Waals surface area contributed by atoms with Crippen LogP contribution in [0.5, 0.6) is 0 Å². The van der Waals surface area contributed by atoms with Gasteiger partial charge in [-0.1, -0.05) is 13.8 Å². The number of ether oxygens (including phenoxy) is 1. The van der Waals surface area contributed by atoms with Crippen molar-refractivity contribution in [2.24, 2.45) is 11.1 Å². The van der Waals surface area contributed by atoms with Crippen molar-refractivity contribution in [1.82, 2.24) is 0 Å². The van der Waals surface area contributed by atoms with Crippen molar-refractivity contribution in [2.45, 2.75) is 32.3 Å². The molecular weight excluding hydrogens is 190 g/mol. The number of hydrogen-bond acceptors (Lipinski definition) is 3. The van der Waals surface area contributed by atoms with E-state index in [-0.39, 0.29) is 10.8 Å². The van der Waals surface area contributed by atoms with E-state index < -0.39 is 0 Å². The summed E-state index contributed by atoms with van der Waals surface area (Å²) in [5.41, 5.74) is 6.19. The van der Waals surface area contributed by atoms with Gasteiger partial charge in [0, 0.05) is 19.1 Å². The predicted octanol–water partition coefficient (Wildman–Crippen LogP) is 2.05. The summed E-state index contributed by atoms with van der Waals surface area (Å²) in [6.45, 7) is 5.65. The first-order valence-electron chi connectivity index (χ1n) is 5.34. The van der Waals surface area contributed by atoms with E-state index >= 15 is 0 Å². The van der Waals surface area contributed by atoms with Crippen molar-refractivity contribution >= 4 is 0 Å². The number of furan rings is 1. The van der Waals surface area contributed by atoms with Gasteiger partial charge in [-0.05, 0) is 24.0 Å². The number of methoxy groups -OCH3 is 1. The van der Waals surface area contributed by atoms with Gasteiger partial charge in [-0.3, -0.25) is 0 Å². The molecule has 1 unspecified atom stereocenters. The highest BCUT2D eigenvalue weighted by molar-refractivity contribution is 5.31. The van der Waals surface area contributed by atoms with Crippen LogP contribution in [0, 0.1) is 5.41 Å². The van der Waals surface area contributed by atoms with Gasteiger partial charge in [0.15, 0.2) is 0 Å². The Morgan fingerprint density at radius 3 is 2.60 bits per heavy atom. The minimum absolute atomic E-state index is 0.0546. The Morgan fingerprint density at radius 2 is 2.13 bits per heavy atom. The van der Waals surface area contributed by atoms with E-state index in [0.29, 0.717) is 13.2 Å². The number of rotatable bonds is 4. The lowest BCUT2D eigenvalue weighted by molar-refractivity contribution is 0.161. The van der Waals surface area contributed by atoms with E-state index in [1.54, 1.807) is 7.11 Å². The fraction of sp³-hybridized carbons (Fsp3) is 0.667. The quantitative estimate of drug-likeness (QED) is 0.825. The molecule has 84 valence electrons. The first kappa shape index (κ1) is 10.7. The zero-order chi connectivity index (χ0) is 11.1. The summed E-state index contributed by atoms with van der Waals surface area (Å²) in [4.78, 5) is 0. The summed E-state index contributed by atoms with van der Waals surface area (Å²) in [5, 5.41) is 0. The average Bonchev–Trinajstić information content (AvgIpc) is 2.59. The van der Waals surface area contributed by atoms with Gasteiger partial charge in [-0.15, -0.1) is 0 Å². The highest BCUT2D eigenvalue weighted by Gasteiger charge is 2.63. The van der Waals surface area contributed by atoms with Crippen molar-refractivity contribution in [1.29, 1.82) is 0 Å². The van der Waals surface area contributed by atoms with E-state index in [2.05, 4.69) is 13.8 Å². The molecule has 0 radical (unpaired) electrons. The Kier molecular flexibility index (Phi) is 2.40. The molecular formula is C12H19NO2. The van der Waals surface area contributed by atoms with Crippen LogP contribution in [-0.4, -0.2) is 13.7 Å². The lowest BCUT2D eigenvalue weighted by Gasteiger charge is -2.15. The summed E-state index contributed by atoms with van der Waals surface area (Å²) < 4.78 is 10.8. The summed E-state index contributed by atoms with van der Waals surface area (Å²) in [6, 6.07) is 4.01. The van der Waals surface area contributed by atoms with Crippen LogP contribution in [0.1, 0.15) is 31.8 Å². The molecule has 3 heteroatoms. The minimum atomic E-state index is 0.0546. The standard InChI is InChI=1S/C12H19NO2/c1-11(2)7-12(11,8-13)10-5-4-9(15-10)6-14-3/h4-5H,6-8,13H2,1-3H3. The zero-order valence-electron chi connectivity index (χ0n) is 9.67. The second kappa shape index (κ2) is 3.35. The second-order valence-corrected chi connectivity index (χ2v) is 5.05. The lowest BCUT2D eigenvalue weighted by atomic mass is 9.93. The third kappa shape index (κ3) is 1.50. The summed E-state index contributed by atoms with van der Waals surface area (Å²) in [7, 11) is 1.67. The molecule has 0 bridgehead atoms. The molecule has 1 heterocycles. The largest absolute Gasteiger partial charge is 0.463 e. The van der Waals surface area contributed by atoms with E-state index in [1.165, 1.54) is 0 Å². The molecule has 1 fully saturated rings. The molecule has 0 aliphatic heterocycles. The van der Waals surface area contributed by atoms with Gasteiger partial charge in [-0.2, -0.15) is 0 Å². The molecule has 15 heavy (non-hydrogen) atoms. The van der Waals surface area contributed by atoms with Crippen molar-refractivity contribution in [3.8, 4) is 0 Å². The van der Waals surface area contributed by atoms with Crippen molar-refractivity contribution in [2.75, 3.05) is 13.7 Å². The monoisotopic (exact) mass is 209 g/mol. The highest BCUT2D eigenvalue weighted by atomic mass is 16.5. The molecule has 1 aromatic heterocycles. The maximum absolute atomic E-state index is 5.87. The van der Waals surface area contributed by atoms with Crippen LogP contribution in [0.15, 0.2) is 16.5 Å². The Balaban J connectivity index is 2.22. The molecule has 0 aromatic carbocycles. The molecule has 0 saturated heterocycles. The Morgan fingerprint density at radius 1 is 1.47 bits per heavy atom. The Labute approximate surface area is 90.6 Å². The molecule has 1 saturated carbocycles. The SMILES string of the molecule is COCc1ccc(C2(CN)CC2(C)C)o1. The fourth-order valence-electron chi connectivity index (χ4n) is 2.43. The van der Waals surface area contributed by atoms with Gasteiger partial charge >= 0.3 is 0 Å².